The van der Waals surface area contributed by atoms with Crippen molar-refractivity contribution in [3.63, 3.8) is 0 Å². The van der Waals surface area contributed by atoms with Crippen molar-refractivity contribution in [2.75, 3.05) is 11.5 Å². The Hall–Kier alpha value is -0.710. The minimum Gasteiger partial charge on any atom is -0.481 e. The maximum atomic E-state index is 11.6. The summed E-state index contributed by atoms with van der Waals surface area (Å²) in [6.45, 7) is 0. The van der Waals surface area contributed by atoms with E-state index in [0.717, 1.165) is 12.8 Å². The molecular weight excluding hydrogens is 238 g/mol. The van der Waals surface area contributed by atoms with E-state index in [4.69, 9.17) is 5.11 Å². The number of nitrogens with one attached hydrogen (secondary N) is 1. The number of thioether (sulfide) groups is 1. The summed E-state index contributed by atoms with van der Waals surface area (Å²) in [7, 11) is 0. The highest BCUT2D eigenvalue weighted by molar-refractivity contribution is 7.99. The van der Waals surface area contributed by atoms with Crippen LogP contribution in [0.1, 0.15) is 44.9 Å². The van der Waals surface area contributed by atoms with Crippen molar-refractivity contribution in [2.24, 2.45) is 0 Å². The van der Waals surface area contributed by atoms with Crippen LogP contribution < -0.4 is 5.32 Å². The van der Waals surface area contributed by atoms with Crippen molar-refractivity contribution in [3.8, 4) is 0 Å². The number of hydrogen-bond donors (Lipinski definition) is 2. The van der Waals surface area contributed by atoms with Gasteiger partial charge in [0.25, 0.3) is 0 Å². The Morgan fingerprint density at radius 3 is 2.41 bits per heavy atom. The second-order valence-electron chi connectivity index (χ2n) is 4.45. The molecule has 0 aromatic rings. The summed E-state index contributed by atoms with van der Waals surface area (Å²) < 4.78 is 0. The standard InChI is InChI=1S/C12H21NO3S/c14-11(9-17-8-7-12(15)16)13-10-5-3-1-2-4-6-10/h10H,1-9H2,(H,13,14)(H,15,16). The molecule has 0 aliphatic heterocycles. The number of carbonyl (C=O) groups excluding carboxylic acids is 1. The number of carbonyl (C=O) groups is 2. The zero-order valence-corrected chi connectivity index (χ0v) is 10.9. The summed E-state index contributed by atoms with van der Waals surface area (Å²) in [5, 5.41) is 11.5. The summed E-state index contributed by atoms with van der Waals surface area (Å²) in [5.74, 6) is 0.131. The number of hydrogen-bond acceptors (Lipinski definition) is 3. The predicted octanol–water partition coefficient (Wildman–Crippen LogP) is 2.03. The van der Waals surface area contributed by atoms with Gasteiger partial charge in [0.15, 0.2) is 0 Å². The Morgan fingerprint density at radius 1 is 1.18 bits per heavy atom. The van der Waals surface area contributed by atoms with Crippen molar-refractivity contribution in [3.05, 3.63) is 0 Å². The molecule has 17 heavy (non-hydrogen) atoms. The molecule has 2 N–H and O–H groups in total. The topological polar surface area (TPSA) is 66.4 Å². The van der Waals surface area contributed by atoms with E-state index in [1.165, 1.54) is 37.4 Å². The fourth-order valence-corrected chi connectivity index (χ4v) is 2.75. The predicted molar refractivity (Wildman–Crippen MR) is 69.2 cm³/mol. The zero-order valence-electron chi connectivity index (χ0n) is 10.1. The smallest absolute Gasteiger partial charge is 0.304 e. The van der Waals surface area contributed by atoms with Gasteiger partial charge in [0.2, 0.25) is 5.91 Å². The third kappa shape index (κ3) is 7.26. The lowest BCUT2D eigenvalue weighted by atomic mass is 10.1. The highest BCUT2D eigenvalue weighted by Crippen LogP contribution is 2.17. The molecule has 1 saturated carbocycles. The fraction of sp³-hybridized carbons (Fsp3) is 0.833. The van der Waals surface area contributed by atoms with Crippen molar-refractivity contribution in [1.82, 2.24) is 5.32 Å². The second-order valence-corrected chi connectivity index (χ2v) is 5.56. The van der Waals surface area contributed by atoms with Crippen LogP contribution in [0.25, 0.3) is 0 Å². The highest BCUT2D eigenvalue weighted by atomic mass is 32.2. The van der Waals surface area contributed by atoms with Gasteiger partial charge in [-0.05, 0) is 12.8 Å². The fourth-order valence-electron chi connectivity index (χ4n) is 2.02. The molecule has 0 aromatic carbocycles. The van der Waals surface area contributed by atoms with Crippen molar-refractivity contribution in [2.45, 2.75) is 51.0 Å². The minimum atomic E-state index is -0.804. The lowest BCUT2D eigenvalue weighted by molar-refractivity contribution is -0.136. The molecule has 0 heterocycles. The Balaban J connectivity index is 2.08. The van der Waals surface area contributed by atoms with E-state index in [9.17, 15) is 9.59 Å². The SMILES string of the molecule is O=C(O)CCSCC(=O)NC1CCCCCC1. The summed E-state index contributed by atoms with van der Waals surface area (Å²) in [5.41, 5.74) is 0. The summed E-state index contributed by atoms with van der Waals surface area (Å²) in [6.07, 6.45) is 7.27. The number of carboxylic acids is 1. The van der Waals surface area contributed by atoms with E-state index in [2.05, 4.69) is 5.32 Å². The molecule has 0 aromatic heterocycles. The van der Waals surface area contributed by atoms with Crippen molar-refractivity contribution >= 4 is 23.6 Å². The molecule has 0 atom stereocenters. The average molecular weight is 259 g/mol. The van der Waals surface area contributed by atoms with E-state index < -0.39 is 5.97 Å². The van der Waals surface area contributed by atoms with Gasteiger partial charge in [-0.15, -0.1) is 0 Å². The minimum absolute atomic E-state index is 0.0484. The number of aliphatic carboxylic acids is 1. The molecule has 0 bridgehead atoms. The van der Waals surface area contributed by atoms with Gasteiger partial charge in [-0.2, -0.15) is 11.8 Å². The average Bonchev–Trinajstić information content (AvgIpc) is 2.53. The van der Waals surface area contributed by atoms with E-state index in [1.807, 2.05) is 0 Å². The Kier molecular flexibility index (Phi) is 7.08. The van der Waals surface area contributed by atoms with Gasteiger partial charge in [-0.3, -0.25) is 9.59 Å². The van der Waals surface area contributed by atoms with Crippen LogP contribution in [0.15, 0.2) is 0 Å². The first-order chi connectivity index (χ1) is 8.18. The third-order valence-electron chi connectivity index (χ3n) is 2.91. The Labute approximate surface area is 107 Å². The van der Waals surface area contributed by atoms with Crippen LogP contribution >= 0.6 is 11.8 Å². The van der Waals surface area contributed by atoms with Gasteiger partial charge in [0.1, 0.15) is 0 Å². The first-order valence-electron chi connectivity index (χ1n) is 6.27. The van der Waals surface area contributed by atoms with E-state index in [1.54, 1.807) is 0 Å². The number of carboxylic acid groups (broad SMARTS) is 1. The monoisotopic (exact) mass is 259 g/mol. The van der Waals surface area contributed by atoms with E-state index in [0.29, 0.717) is 17.5 Å². The van der Waals surface area contributed by atoms with Crippen LogP contribution in [-0.4, -0.2) is 34.5 Å². The molecule has 5 heteroatoms. The first kappa shape index (κ1) is 14.4. The molecule has 1 aliphatic carbocycles. The van der Waals surface area contributed by atoms with E-state index >= 15 is 0 Å². The van der Waals surface area contributed by atoms with Crippen molar-refractivity contribution in [1.29, 1.82) is 0 Å². The van der Waals surface area contributed by atoms with Crippen LogP contribution in [-0.2, 0) is 9.59 Å². The maximum Gasteiger partial charge on any atom is 0.304 e. The Morgan fingerprint density at radius 2 is 1.82 bits per heavy atom. The molecule has 0 radical (unpaired) electrons. The lowest BCUT2D eigenvalue weighted by Gasteiger charge is -2.15. The molecule has 1 fully saturated rings. The van der Waals surface area contributed by atoms with Gasteiger partial charge in [0.05, 0.1) is 12.2 Å². The molecule has 98 valence electrons. The maximum absolute atomic E-state index is 11.6. The zero-order chi connectivity index (χ0) is 12.5. The molecule has 4 nitrogen and oxygen atoms in total. The summed E-state index contributed by atoms with van der Waals surface area (Å²) >= 11 is 1.39. The molecule has 0 spiro atoms. The van der Waals surface area contributed by atoms with Gasteiger partial charge in [-0.25, -0.2) is 0 Å². The molecule has 0 saturated heterocycles. The molecular formula is C12H21NO3S. The first-order valence-corrected chi connectivity index (χ1v) is 7.43. The van der Waals surface area contributed by atoms with Crippen LogP contribution in [0.2, 0.25) is 0 Å². The molecule has 1 aliphatic rings. The normalized spacial score (nSPS) is 17.4. The second kappa shape index (κ2) is 8.39. The van der Waals surface area contributed by atoms with Crippen LogP contribution in [0.4, 0.5) is 0 Å². The van der Waals surface area contributed by atoms with Crippen LogP contribution in [0, 0.1) is 0 Å². The quantitative estimate of drug-likeness (QED) is 0.566. The van der Waals surface area contributed by atoms with Gasteiger partial charge in [-0.1, -0.05) is 25.7 Å². The van der Waals surface area contributed by atoms with Gasteiger partial charge in [0, 0.05) is 11.8 Å². The molecule has 1 rings (SSSR count). The number of amides is 1. The number of rotatable bonds is 6. The van der Waals surface area contributed by atoms with E-state index in [-0.39, 0.29) is 12.3 Å². The lowest BCUT2D eigenvalue weighted by Crippen LogP contribution is -2.35. The van der Waals surface area contributed by atoms with Crippen LogP contribution in [0.5, 0.6) is 0 Å². The molecule has 1 amide bonds. The largest absolute Gasteiger partial charge is 0.481 e. The van der Waals surface area contributed by atoms with Gasteiger partial charge < -0.3 is 10.4 Å². The highest BCUT2D eigenvalue weighted by Gasteiger charge is 2.14. The summed E-state index contributed by atoms with van der Waals surface area (Å²) in [6, 6.07) is 0.338. The summed E-state index contributed by atoms with van der Waals surface area (Å²) in [4.78, 5) is 21.9. The van der Waals surface area contributed by atoms with Crippen LogP contribution in [0.3, 0.4) is 0 Å². The van der Waals surface area contributed by atoms with Gasteiger partial charge >= 0.3 is 5.97 Å². The Bertz CT molecular complexity index is 250. The van der Waals surface area contributed by atoms with Crippen molar-refractivity contribution < 1.29 is 14.7 Å². The third-order valence-corrected chi connectivity index (χ3v) is 3.87. The molecule has 0 unspecified atom stereocenters.